The molecule has 0 amide bonds. The van der Waals surface area contributed by atoms with Gasteiger partial charge >= 0.3 is 11.9 Å². The van der Waals surface area contributed by atoms with Crippen molar-refractivity contribution in [3.63, 3.8) is 0 Å². The molecule has 1 aromatic heterocycles. The molecule has 12 heteroatoms. The molecule has 0 bridgehead atoms. The Balaban J connectivity index is 0.000000221. The summed E-state index contributed by atoms with van der Waals surface area (Å²) in [6, 6.07) is 28.5. The molecule has 5 aromatic carbocycles. The second-order valence-electron chi connectivity index (χ2n) is 11.9. The highest BCUT2D eigenvalue weighted by Gasteiger charge is 2.17. The molecule has 0 spiro atoms. The van der Waals surface area contributed by atoms with Crippen molar-refractivity contribution < 1.29 is 30.0 Å². The maximum absolute atomic E-state index is 13.0. The highest BCUT2D eigenvalue weighted by molar-refractivity contribution is 5.91. The first-order chi connectivity index (χ1) is 24.5. The van der Waals surface area contributed by atoms with Crippen LogP contribution in [-0.4, -0.2) is 42.1 Å². The summed E-state index contributed by atoms with van der Waals surface area (Å²) >= 11 is 0. The van der Waals surface area contributed by atoms with Crippen LogP contribution >= 0.6 is 0 Å². The number of hydrogen-bond acceptors (Lipinski definition) is 8. The lowest BCUT2D eigenvalue weighted by atomic mass is 10.0. The number of nitrogens with zero attached hydrogens (tertiary/aromatic N) is 3. The summed E-state index contributed by atoms with van der Waals surface area (Å²) in [5.41, 5.74) is 12.1. The number of nitrogens with two attached hydrogens (primary N) is 1. The van der Waals surface area contributed by atoms with Crippen LogP contribution in [0.25, 0.3) is 27.9 Å². The largest absolute Gasteiger partial charge is 0.505 e. The molecule has 7 N–H and O–H groups in total. The zero-order chi connectivity index (χ0) is 36.2. The van der Waals surface area contributed by atoms with Crippen LogP contribution in [0.2, 0.25) is 0 Å². The van der Waals surface area contributed by atoms with Crippen molar-refractivity contribution in [1.82, 2.24) is 9.78 Å². The number of hydrogen-bond donors (Lipinski definition) is 6. The van der Waals surface area contributed by atoms with E-state index in [1.165, 1.54) is 40.1 Å². The van der Waals surface area contributed by atoms with Gasteiger partial charge in [0.1, 0.15) is 11.4 Å². The van der Waals surface area contributed by atoms with Crippen LogP contribution in [-0.2, 0) is 12.8 Å². The number of para-hydroxylation sites is 2. The minimum atomic E-state index is -1.06. The van der Waals surface area contributed by atoms with Gasteiger partial charge < -0.3 is 26.2 Å². The number of phenolic OH excluding ortho intramolecular Hbond substituents is 2. The van der Waals surface area contributed by atoms with Crippen molar-refractivity contribution in [3.05, 3.63) is 141 Å². The first-order valence-electron chi connectivity index (χ1n) is 15.9. The van der Waals surface area contributed by atoms with Gasteiger partial charge in [-0.3, -0.25) is 9.89 Å². The average molecular weight is 684 g/mol. The molecule has 6 aromatic rings. The van der Waals surface area contributed by atoms with Gasteiger partial charge in [-0.2, -0.15) is 0 Å². The second kappa shape index (κ2) is 14.3. The Morgan fingerprint density at radius 2 is 1.31 bits per heavy atom. The van der Waals surface area contributed by atoms with Crippen molar-refractivity contribution >= 4 is 29.0 Å². The Morgan fingerprint density at radius 3 is 1.96 bits per heavy atom. The summed E-state index contributed by atoms with van der Waals surface area (Å²) in [5.74, 6) is -2.24. The number of aromatic nitrogens is 2. The van der Waals surface area contributed by atoms with E-state index in [1.54, 1.807) is 67.6 Å². The molecule has 256 valence electrons. The van der Waals surface area contributed by atoms with E-state index in [1.807, 2.05) is 12.1 Å². The normalized spacial score (nSPS) is 11.9. The number of benzene rings is 5. The monoisotopic (exact) mass is 683 g/mol. The van der Waals surface area contributed by atoms with Gasteiger partial charge in [-0.1, -0.05) is 54.6 Å². The molecule has 51 heavy (non-hydrogen) atoms. The van der Waals surface area contributed by atoms with Gasteiger partial charge in [-0.25, -0.2) is 14.3 Å². The topological polar surface area (TPSA) is 204 Å². The lowest BCUT2D eigenvalue weighted by molar-refractivity contribution is 0.0686. The number of phenols is 2. The molecular weight excluding hydrogens is 650 g/mol. The lowest BCUT2D eigenvalue weighted by Crippen LogP contribution is -2.14. The number of aryl methyl sites for hydroxylation is 3. The minimum absolute atomic E-state index is 0.0324. The number of aromatic carboxylic acids is 2. The molecule has 1 aliphatic carbocycles. The number of carboxylic acid groups (broad SMARTS) is 2. The third kappa shape index (κ3) is 7.10. The van der Waals surface area contributed by atoms with Crippen LogP contribution in [0.1, 0.15) is 44.0 Å². The van der Waals surface area contributed by atoms with Crippen LogP contribution in [0, 0.1) is 6.92 Å². The summed E-state index contributed by atoms with van der Waals surface area (Å²) in [7, 11) is 0. The Labute approximate surface area is 291 Å². The fourth-order valence-corrected chi connectivity index (χ4v) is 5.92. The van der Waals surface area contributed by atoms with Gasteiger partial charge in [0.15, 0.2) is 11.4 Å². The zero-order valence-electron chi connectivity index (χ0n) is 27.4. The number of aromatic amines is 1. The Kier molecular flexibility index (Phi) is 9.49. The van der Waals surface area contributed by atoms with Crippen molar-refractivity contribution in [2.75, 3.05) is 5.73 Å². The van der Waals surface area contributed by atoms with E-state index in [0.717, 1.165) is 24.9 Å². The van der Waals surface area contributed by atoms with Gasteiger partial charge in [0.25, 0.3) is 5.56 Å². The van der Waals surface area contributed by atoms with E-state index in [9.17, 15) is 29.7 Å². The maximum Gasteiger partial charge on any atom is 0.335 e. The van der Waals surface area contributed by atoms with Crippen LogP contribution in [0.4, 0.5) is 17.1 Å². The molecule has 0 atom stereocenters. The fraction of sp³-hybridized carbons (Fsp3) is 0.103. The predicted molar refractivity (Wildman–Crippen MR) is 193 cm³/mol. The van der Waals surface area contributed by atoms with Crippen molar-refractivity contribution in [1.29, 1.82) is 0 Å². The van der Waals surface area contributed by atoms with Crippen LogP contribution in [0.15, 0.2) is 118 Å². The maximum atomic E-state index is 13.0. The quantitative estimate of drug-likeness (QED) is 0.0555. The number of carboxylic acids is 2. The summed E-state index contributed by atoms with van der Waals surface area (Å²) in [6.45, 7) is 1.74. The third-order valence-electron chi connectivity index (χ3n) is 8.56. The first-order valence-corrected chi connectivity index (χ1v) is 15.9. The molecule has 7 rings (SSSR count). The van der Waals surface area contributed by atoms with Gasteiger partial charge in [-0.05, 0) is 97.0 Å². The number of H-pyrrole nitrogens is 1. The van der Waals surface area contributed by atoms with Gasteiger partial charge in [0.05, 0.1) is 28.2 Å². The van der Waals surface area contributed by atoms with Crippen LogP contribution in [0.3, 0.4) is 0 Å². The van der Waals surface area contributed by atoms with Gasteiger partial charge in [-0.15, -0.1) is 10.2 Å². The molecule has 1 aliphatic rings. The number of nitrogen functional groups attached to an aromatic ring is 1. The average Bonchev–Trinajstić information content (AvgIpc) is 3.72. The van der Waals surface area contributed by atoms with E-state index in [2.05, 4.69) is 21.4 Å². The smallest absolute Gasteiger partial charge is 0.335 e. The molecule has 0 saturated heterocycles. The molecule has 0 radical (unpaired) electrons. The lowest BCUT2D eigenvalue weighted by Gasteiger charge is -2.07. The Morgan fingerprint density at radius 1 is 0.725 bits per heavy atom. The summed E-state index contributed by atoms with van der Waals surface area (Å²) in [4.78, 5) is 35.2. The van der Waals surface area contributed by atoms with Crippen LogP contribution in [0.5, 0.6) is 11.5 Å². The molecule has 0 unspecified atom stereocenters. The SMILES string of the molecule is Cc1[nH]n(-c2ccc3c(c2)CCC3)c(=O)c1N=Nc1cccc(-c2cccc(C(=O)O)c2)c1O.Nc1cccc(-c2cccc(C(=O)O)c2)c1O. The highest BCUT2D eigenvalue weighted by Crippen LogP contribution is 2.38. The second-order valence-corrected chi connectivity index (χ2v) is 11.9. The summed E-state index contributed by atoms with van der Waals surface area (Å²) < 4.78 is 1.45. The van der Waals surface area contributed by atoms with Gasteiger partial charge in [0.2, 0.25) is 0 Å². The first kappa shape index (κ1) is 33.9. The van der Waals surface area contributed by atoms with Crippen molar-refractivity contribution in [3.8, 4) is 39.4 Å². The van der Waals surface area contributed by atoms with E-state index in [4.69, 9.17) is 10.8 Å². The summed E-state index contributed by atoms with van der Waals surface area (Å²) in [6.07, 6.45) is 3.20. The van der Waals surface area contributed by atoms with Crippen molar-refractivity contribution in [2.24, 2.45) is 10.2 Å². The molecule has 12 nitrogen and oxygen atoms in total. The summed E-state index contributed by atoms with van der Waals surface area (Å²) in [5, 5.41) is 50.0. The van der Waals surface area contributed by atoms with E-state index in [0.29, 0.717) is 27.9 Å². The number of anilines is 1. The highest BCUT2D eigenvalue weighted by atomic mass is 16.4. The van der Waals surface area contributed by atoms with E-state index >= 15 is 0 Å². The number of fused-ring (bicyclic) bond motifs is 1. The standard InChI is InChI=1S/C26H22N4O4.C13H11NO3/c1-15-23(25(32)30(29-15)20-12-11-16-5-2-6-17(16)14-20)28-27-22-10-4-9-21(24(22)31)18-7-3-8-19(13-18)26(33)34;14-11-6-2-5-10(12(11)15)8-3-1-4-9(7-8)13(16)17/h3-4,7-14,29,31H,2,5-6H2,1H3,(H,33,34);1-7,15H,14H2,(H,16,17). The fourth-order valence-electron chi connectivity index (χ4n) is 5.92. The molecule has 1 heterocycles. The molecular formula is C39H33N5O7. The van der Waals surface area contributed by atoms with Crippen LogP contribution < -0.4 is 11.3 Å². The van der Waals surface area contributed by atoms with Crippen molar-refractivity contribution in [2.45, 2.75) is 26.2 Å². The van der Waals surface area contributed by atoms with E-state index in [-0.39, 0.29) is 45.2 Å². The number of aromatic hydroxyl groups is 2. The number of carbonyl (C=O) groups is 2. The number of nitrogens with one attached hydrogen (secondary N) is 1. The number of azo groups is 1. The molecule has 0 saturated carbocycles. The minimum Gasteiger partial charge on any atom is -0.505 e. The zero-order valence-corrected chi connectivity index (χ0v) is 27.4. The van der Waals surface area contributed by atoms with Gasteiger partial charge in [0, 0.05) is 11.1 Å². The predicted octanol–water partition coefficient (Wildman–Crippen LogP) is 7.79. The van der Waals surface area contributed by atoms with E-state index < -0.39 is 11.9 Å². The molecule has 0 aliphatic heterocycles. The Hall–Kier alpha value is -6.95. The Bertz CT molecular complexity index is 2390. The number of rotatable bonds is 7. The third-order valence-corrected chi connectivity index (χ3v) is 8.56. The molecule has 0 fully saturated rings.